The van der Waals surface area contributed by atoms with E-state index in [2.05, 4.69) is 5.32 Å². The molecule has 4 aromatic rings. The number of nitrogens with one attached hydrogen (secondary N) is 1. The van der Waals surface area contributed by atoms with Crippen LogP contribution in [-0.4, -0.2) is 38.4 Å². The molecule has 0 radical (unpaired) electrons. The van der Waals surface area contributed by atoms with Gasteiger partial charge in [0.2, 0.25) is 0 Å². The Balaban J connectivity index is 1.42. The van der Waals surface area contributed by atoms with Crippen LogP contribution in [0.2, 0.25) is 0 Å². The minimum absolute atomic E-state index is 0.125. The first-order chi connectivity index (χ1) is 17.6. The van der Waals surface area contributed by atoms with Crippen molar-refractivity contribution in [1.82, 2.24) is 10.3 Å². The molecule has 1 aromatic heterocycles. The molecule has 7 nitrogen and oxygen atoms in total. The number of rotatable bonds is 7. The first-order valence-corrected chi connectivity index (χ1v) is 11.5. The molecule has 8 heteroatoms. The summed E-state index contributed by atoms with van der Waals surface area (Å²) in [6, 6.07) is 17.6. The van der Waals surface area contributed by atoms with E-state index in [0.717, 1.165) is 10.9 Å². The second kappa shape index (κ2) is 10.2. The highest BCUT2D eigenvalue weighted by molar-refractivity contribution is 6.07. The topological polar surface area (TPSA) is 78.9 Å². The molecule has 0 spiro atoms. The molecule has 1 N–H and O–H groups in total. The van der Waals surface area contributed by atoms with Crippen LogP contribution in [0, 0.1) is 5.82 Å². The summed E-state index contributed by atoms with van der Waals surface area (Å²) in [5.41, 5.74) is 3.98. The van der Waals surface area contributed by atoms with E-state index in [9.17, 15) is 9.18 Å². The zero-order valence-electron chi connectivity index (χ0n) is 20.0. The average molecular weight is 489 g/mol. The van der Waals surface area contributed by atoms with Gasteiger partial charge >= 0.3 is 0 Å². The standard InChI is InChI=1S/C28H25FN2O5/c1-33-25-8-7-17(13-26(25)34-2)24-14-22(21-5-3-4-6-23(21)31-24)28(32)30-10-9-18-11-20(29)12-19-15-35-16-36-27(18)19/h3-8,11-14H,9-10,15-16H2,1-2H3,(H,30,32). The third-order valence-electron chi connectivity index (χ3n) is 6.07. The van der Waals surface area contributed by atoms with Crippen molar-refractivity contribution in [1.29, 1.82) is 0 Å². The second-order valence-electron chi connectivity index (χ2n) is 8.31. The van der Waals surface area contributed by atoms with E-state index in [1.165, 1.54) is 12.1 Å². The summed E-state index contributed by atoms with van der Waals surface area (Å²) in [6.45, 7) is 0.732. The van der Waals surface area contributed by atoms with Crippen LogP contribution in [0.5, 0.6) is 17.2 Å². The first-order valence-electron chi connectivity index (χ1n) is 11.5. The number of amides is 1. The van der Waals surface area contributed by atoms with Crippen LogP contribution in [0.4, 0.5) is 4.39 Å². The van der Waals surface area contributed by atoms with Crippen molar-refractivity contribution in [2.75, 3.05) is 27.6 Å². The summed E-state index contributed by atoms with van der Waals surface area (Å²) in [5.74, 6) is 1.20. The predicted octanol–water partition coefficient (Wildman–Crippen LogP) is 4.90. The van der Waals surface area contributed by atoms with Crippen LogP contribution < -0.4 is 19.5 Å². The highest BCUT2D eigenvalue weighted by Gasteiger charge is 2.18. The second-order valence-corrected chi connectivity index (χ2v) is 8.31. The molecule has 3 aromatic carbocycles. The molecule has 0 atom stereocenters. The van der Waals surface area contributed by atoms with Crippen molar-refractivity contribution < 1.29 is 28.1 Å². The first kappa shape index (κ1) is 23.6. The Bertz CT molecular complexity index is 1440. The fraction of sp³-hybridized carbons (Fsp3) is 0.214. The molecule has 0 fully saturated rings. The Hall–Kier alpha value is -4.17. The van der Waals surface area contributed by atoms with Gasteiger partial charge in [0.15, 0.2) is 18.3 Å². The van der Waals surface area contributed by atoms with Crippen LogP contribution in [0.15, 0.2) is 60.7 Å². The number of nitrogens with zero attached hydrogens (tertiary/aromatic N) is 1. The van der Waals surface area contributed by atoms with E-state index < -0.39 is 0 Å². The van der Waals surface area contributed by atoms with Crippen LogP contribution in [-0.2, 0) is 17.8 Å². The van der Waals surface area contributed by atoms with Crippen molar-refractivity contribution in [2.45, 2.75) is 13.0 Å². The van der Waals surface area contributed by atoms with Gasteiger partial charge in [-0.1, -0.05) is 18.2 Å². The highest BCUT2D eigenvalue weighted by atomic mass is 19.1. The molecule has 0 saturated heterocycles. The van der Waals surface area contributed by atoms with Crippen molar-refractivity contribution in [2.24, 2.45) is 0 Å². The summed E-state index contributed by atoms with van der Waals surface area (Å²) in [5, 5.41) is 3.70. The maximum absolute atomic E-state index is 14.1. The van der Waals surface area contributed by atoms with Gasteiger partial charge in [-0.3, -0.25) is 4.79 Å². The maximum atomic E-state index is 14.1. The quantitative estimate of drug-likeness (QED) is 0.399. The molecule has 36 heavy (non-hydrogen) atoms. The molecule has 0 saturated carbocycles. The number of ether oxygens (including phenoxy) is 4. The normalized spacial score (nSPS) is 12.5. The molecule has 1 aliphatic rings. The molecule has 0 aliphatic carbocycles. The minimum Gasteiger partial charge on any atom is -0.493 e. The van der Waals surface area contributed by atoms with Crippen LogP contribution in [0.1, 0.15) is 21.5 Å². The van der Waals surface area contributed by atoms with Crippen molar-refractivity contribution in [3.63, 3.8) is 0 Å². The molecule has 1 aliphatic heterocycles. The van der Waals surface area contributed by atoms with Gasteiger partial charge in [0.1, 0.15) is 11.6 Å². The monoisotopic (exact) mass is 488 g/mol. The minimum atomic E-state index is -0.358. The van der Waals surface area contributed by atoms with E-state index in [4.69, 9.17) is 23.9 Å². The highest BCUT2D eigenvalue weighted by Crippen LogP contribution is 2.33. The van der Waals surface area contributed by atoms with E-state index in [0.29, 0.717) is 64.7 Å². The molecular formula is C28H25FN2O5. The summed E-state index contributed by atoms with van der Waals surface area (Å²) in [7, 11) is 3.15. The van der Waals surface area contributed by atoms with E-state index in [-0.39, 0.29) is 18.5 Å². The van der Waals surface area contributed by atoms with Gasteiger partial charge in [0.05, 0.1) is 37.6 Å². The fourth-order valence-electron chi connectivity index (χ4n) is 4.36. The van der Waals surface area contributed by atoms with Crippen LogP contribution in [0.25, 0.3) is 22.2 Å². The molecule has 184 valence electrons. The Labute approximate surface area is 207 Å². The lowest BCUT2D eigenvalue weighted by Gasteiger charge is -2.21. The lowest BCUT2D eigenvalue weighted by molar-refractivity contribution is -0.0172. The number of carbonyl (C=O) groups is 1. The Morgan fingerprint density at radius 2 is 1.89 bits per heavy atom. The predicted molar refractivity (Wildman–Crippen MR) is 133 cm³/mol. The number of halogens is 1. The molecule has 0 bridgehead atoms. The van der Waals surface area contributed by atoms with Gasteiger partial charge in [-0.25, -0.2) is 9.37 Å². The Kier molecular flexibility index (Phi) is 6.69. The number of hydrogen-bond acceptors (Lipinski definition) is 6. The summed E-state index contributed by atoms with van der Waals surface area (Å²) >= 11 is 0. The largest absolute Gasteiger partial charge is 0.493 e. The zero-order valence-corrected chi connectivity index (χ0v) is 20.0. The van der Waals surface area contributed by atoms with Crippen LogP contribution >= 0.6 is 0 Å². The molecule has 0 unspecified atom stereocenters. The molecule has 2 heterocycles. The van der Waals surface area contributed by atoms with Gasteiger partial charge in [0.25, 0.3) is 5.91 Å². The van der Waals surface area contributed by atoms with Gasteiger partial charge in [-0.05, 0) is 54.4 Å². The third-order valence-corrected chi connectivity index (χ3v) is 6.07. The average Bonchev–Trinajstić information content (AvgIpc) is 2.91. The fourth-order valence-corrected chi connectivity index (χ4v) is 4.36. The molecule has 1 amide bonds. The lowest BCUT2D eigenvalue weighted by atomic mass is 10.0. The summed E-state index contributed by atoms with van der Waals surface area (Å²) in [6.07, 6.45) is 0.414. The van der Waals surface area contributed by atoms with Crippen molar-refractivity contribution in [3.05, 3.63) is 83.2 Å². The van der Waals surface area contributed by atoms with Crippen LogP contribution in [0.3, 0.4) is 0 Å². The number of methoxy groups -OCH3 is 2. The number of para-hydroxylation sites is 1. The third kappa shape index (κ3) is 4.67. The number of pyridine rings is 1. The van der Waals surface area contributed by atoms with Gasteiger partial charge in [-0.15, -0.1) is 0 Å². The van der Waals surface area contributed by atoms with Crippen molar-refractivity contribution in [3.8, 4) is 28.5 Å². The zero-order chi connectivity index (χ0) is 25.1. The number of hydrogen-bond donors (Lipinski definition) is 1. The summed E-state index contributed by atoms with van der Waals surface area (Å²) in [4.78, 5) is 18.1. The number of benzene rings is 3. The van der Waals surface area contributed by atoms with Gasteiger partial charge < -0.3 is 24.3 Å². The van der Waals surface area contributed by atoms with E-state index in [1.54, 1.807) is 26.4 Å². The van der Waals surface area contributed by atoms with Gasteiger partial charge in [0, 0.05) is 23.1 Å². The SMILES string of the molecule is COc1ccc(-c2cc(C(=O)NCCc3cc(F)cc4c3OCOC4)c3ccccc3n2)cc1OC. The number of carbonyl (C=O) groups excluding carboxylic acids is 1. The van der Waals surface area contributed by atoms with E-state index >= 15 is 0 Å². The van der Waals surface area contributed by atoms with Gasteiger partial charge in [-0.2, -0.15) is 0 Å². The lowest BCUT2D eigenvalue weighted by Crippen LogP contribution is -2.26. The van der Waals surface area contributed by atoms with E-state index in [1.807, 2.05) is 36.4 Å². The Morgan fingerprint density at radius 3 is 2.72 bits per heavy atom. The summed E-state index contributed by atoms with van der Waals surface area (Å²) < 4.78 is 35.7. The smallest absolute Gasteiger partial charge is 0.252 e. The molecular weight excluding hydrogens is 463 g/mol. The maximum Gasteiger partial charge on any atom is 0.252 e. The number of fused-ring (bicyclic) bond motifs is 2. The van der Waals surface area contributed by atoms with Crippen molar-refractivity contribution >= 4 is 16.8 Å². The molecule has 5 rings (SSSR count). The number of aromatic nitrogens is 1. The Morgan fingerprint density at radius 1 is 1.06 bits per heavy atom.